The minimum absolute atomic E-state index is 0.285. The third kappa shape index (κ3) is 5.00. The first-order valence-electron chi connectivity index (χ1n) is 11.5. The van der Waals surface area contributed by atoms with Crippen molar-refractivity contribution >= 4 is 50.4 Å². The summed E-state index contributed by atoms with van der Waals surface area (Å²) in [6, 6.07) is 4.19. The van der Waals surface area contributed by atoms with Gasteiger partial charge in [0, 0.05) is 45.3 Å². The zero-order chi connectivity index (χ0) is 24.7. The van der Waals surface area contributed by atoms with E-state index in [1.54, 1.807) is 10.7 Å². The van der Waals surface area contributed by atoms with E-state index in [2.05, 4.69) is 30.6 Å². The van der Waals surface area contributed by atoms with Gasteiger partial charge in [-0.2, -0.15) is 9.29 Å². The van der Waals surface area contributed by atoms with E-state index >= 15 is 0 Å². The normalized spacial score (nSPS) is 17.2. The van der Waals surface area contributed by atoms with E-state index in [0.29, 0.717) is 66.9 Å². The summed E-state index contributed by atoms with van der Waals surface area (Å²) in [5.74, 6) is 0.977. The van der Waals surface area contributed by atoms with Crippen molar-refractivity contribution in [3.63, 3.8) is 0 Å². The van der Waals surface area contributed by atoms with E-state index < -0.39 is 10.0 Å². The van der Waals surface area contributed by atoms with Gasteiger partial charge < -0.3 is 27.0 Å². The highest BCUT2D eigenvalue weighted by atomic mass is 35.5. The second-order valence-electron chi connectivity index (χ2n) is 8.85. The molecule has 0 atom stereocenters. The number of rotatable bonds is 8. The number of imidazole rings is 1. The van der Waals surface area contributed by atoms with Gasteiger partial charge in [0.05, 0.1) is 34.5 Å². The topological polar surface area (TPSA) is 160 Å². The first-order chi connectivity index (χ1) is 16.8. The molecule has 0 amide bonds. The standard InChI is InChI=1S/C21H29ClN10O2S/c1-35(33,34)31-6-4-30(5-7-31)17-9-13(10-23)8-16(18(17)22)27-21-28-19(26-14-2-3-14)20-25-12-15(11-24)32(20)29-21/h8-9,12,14H,2-7,10-11,23-24H2,1H3,(H2,26,27,28,29). The molecule has 0 bridgehead atoms. The molecule has 5 rings (SSSR count). The molecule has 1 aliphatic heterocycles. The molecule has 1 aliphatic carbocycles. The number of aromatic nitrogens is 4. The van der Waals surface area contributed by atoms with Crippen LogP contribution in [0.1, 0.15) is 24.1 Å². The zero-order valence-corrected chi connectivity index (χ0v) is 21.0. The molecule has 35 heavy (non-hydrogen) atoms. The average Bonchev–Trinajstić information content (AvgIpc) is 3.56. The number of fused-ring (bicyclic) bond motifs is 1. The molecule has 1 aromatic carbocycles. The average molecular weight is 521 g/mol. The zero-order valence-electron chi connectivity index (χ0n) is 19.4. The van der Waals surface area contributed by atoms with Crippen LogP contribution in [0.25, 0.3) is 5.65 Å². The molecule has 12 nitrogen and oxygen atoms in total. The Labute approximate surface area is 208 Å². The molecule has 1 saturated heterocycles. The fraction of sp³-hybridized carbons (Fsp3) is 0.476. The minimum Gasteiger partial charge on any atom is -0.368 e. The summed E-state index contributed by atoms with van der Waals surface area (Å²) >= 11 is 6.85. The van der Waals surface area contributed by atoms with Crippen LogP contribution in [-0.2, 0) is 23.1 Å². The van der Waals surface area contributed by atoms with E-state index in [1.165, 1.54) is 10.6 Å². The molecule has 0 unspecified atom stereocenters. The molecular formula is C21H29ClN10O2S. The highest BCUT2D eigenvalue weighted by molar-refractivity contribution is 7.88. The van der Waals surface area contributed by atoms with Gasteiger partial charge in [-0.3, -0.25) is 0 Å². The SMILES string of the molecule is CS(=O)(=O)N1CCN(c2cc(CN)cc(Nc3nc(NC4CC4)c4ncc(CN)n4n3)c2Cl)CC1. The molecule has 188 valence electrons. The van der Waals surface area contributed by atoms with Gasteiger partial charge in [0.1, 0.15) is 0 Å². The van der Waals surface area contributed by atoms with Crippen molar-refractivity contribution in [2.24, 2.45) is 11.5 Å². The second-order valence-corrected chi connectivity index (χ2v) is 11.2. The van der Waals surface area contributed by atoms with Gasteiger partial charge in [0.25, 0.3) is 0 Å². The molecule has 2 aliphatic rings. The van der Waals surface area contributed by atoms with Crippen molar-refractivity contribution in [1.29, 1.82) is 0 Å². The maximum Gasteiger partial charge on any atom is 0.247 e. The minimum atomic E-state index is -3.23. The maximum atomic E-state index is 11.9. The number of nitrogens with zero attached hydrogens (tertiary/aromatic N) is 6. The van der Waals surface area contributed by atoms with Crippen LogP contribution in [-0.4, -0.2) is 70.8 Å². The van der Waals surface area contributed by atoms with Gasteiger partial charge in [-0.25, -0.2) is 17.9 Å². The summed E-state index contributed by atoms with van der Waals surface area (Å²) in [5.41, 5.74) is 15.5. The molecule has 1 saturated carbocycles. The lowest BCUT2D eigenvalue weighted by Crippen LogP contribution is -2.48. The van der Waals surface area contributed by atoms with Crippen molar-refractivity contribution in [2.45, 2.75) is 32.0 Å². The number of halogens is 1. The van der Waals surface area contributed by atoms with Crippen LogP contribution in [0.2, 0.25) is 5.02 Å². The van der Waals surface area contributed by atoms with Crippen molar-refractivity contribution in [2.75, 3.05) is 48.0 Å². The lowest BCUT2D eigenvalue weighted by Gasteiger charge is -2.35. The second kappa shape index (κ2) is 9.39. The summed E-state index contributed by atoms with van der Waals surface area (Å²) in [4.78, 5) is 11.2. The number of nitrogens with one attached hydrogen (secondary N) is 2. The Morgan fingerprint density at radius 3 is 2.51 bits per heavy atom. The molecule has 6 N–H and O–H groups in total. The third-order valence-corrected chi connectivity index (χ3v) is 7.90. The summed E-state index contributed by atoms with van der Waals surface area (Å²) in [6.45, 7) is 2.43. The van der Waals surface area contributed by atoms with E-state index in [1.807, 2.05) is 12.1 Å². The van der Waals surface area contributed by atoms with Crippen LogP contribution in [0.4, 0.5) is 23.1 Å². The van der Waals surface area contributed by atoms with Crippen LogP contribution in [0.5, 0.6) is 0 Å². The first kappa shape index (κ1) is 24.0. The van der Waals surface area contributed by atoms with Crippen LogP contribution in [0.15, 0.2) is 18.3 Å². The Morgan fingerprint density at radius 1 is 1.14 bits per heavy atom. The van der Waals surface area contributed by atoms with Gasteiger partial charge >= 0.3 is 0 Å². The molecule has 2 aromatic heterocycles. The summed E-state index contributed by atoms with van der Waals surface area (Å²) < 4.78 is 26.9. The van der Waals surface area contributed by atoms with Crippen molar-refractivity contribution in [3.8, 4) is 0 Å². The Kier molecular flexibility index (Phi) is 6.44. The Morgan fingerprint density at radius 2 is 1.89 bits per heavy atom. The number of benzene rings is 1. The lowest BCUT2D eigenvalue weighted by atomic mass is 10.1. The van der Waals surface area contributed by atoms with Gasteiger partial charge in [-0.1, -0.05) is 11.6 Å². The number of sulfonamides is 1. The number of piperazine rings is 1. The molecule has 2 fully saturated rings. The third-order valence-electron chi connectivity index (χ3n) is 6.20. The summed E-state index contributed by atoms with van der Waals surface area (Å²) in [7, 11) is -3.23. The Hall–Kier alpha value is -2.71. The van der Waals surface area contributed by atoms with Crippen LogP contribution >= 0.6 is 11.6 Å². The van der Waals surface area contributed by atoms with Crippen molar-refractivity contribution < 1.29 is 8.42 Å². The molecule has 3 heterocycles. The smallest absolute Gasteiger partial charge is 0.247 e. The van der Waals surface area contributed by atoms with Crippen molar-refractivity contribution in [1.82, 2.24) is 23.9 Å². The Bertz CT molecular complexity index is 1350. The lowest BCUT2D eigenvalue weighted by molar-refractivity contribution is 0.388. The Balaban J connectivity index is 1.47. The van der Waals surface area contributed by atoms with E-state index in [9.17, 15) is 8.42 Å². The highest BCUT2D eigenvalue weighted by Crippen LogP contribution is 2.37. The monoisotopic (exact) mass is 520 g/mol. The fourth-order valence-electron chi connectivity index (χ4n) is 4.12. The predicted molar refractivity (Wildman–Crippen MR) is 137 cm³/mol. The molecular weight excluding hydrogens is 492 g/mol. The number of anilines is 4. The molecule has 0 radical (unpaired) electrons. The summed E-state index contributed by atoms with van der Waals surface area (Å²) in [6.07, 6.45) is 5.10. The number of nitrogens with two attached hydrogens (primary N) is 2. The molecule has 0 spiro atoms. The number of hydrogen-bond acceptors (Lipinski definition) is 10. The van der Waals surface area contributed by atoms with E-state index in [4.69, 9.17) is 23.1 Å². The fourth-order valence-corrected chi connectivity index (χ4v) is 5.23. The van der Waals surface area contributed by atoms with Gasteiger partial charge in [0.2, 0.25) is 16.0 Å². The maximum absolute atomic E-state index is 11.9. The summed E-state index contributed by atoms with van der Waals surface area (Å²) in [5, 5.41) is 11.8. The predicted octanol–water partition coefficient (Wildman–Crippen LogP) is 1.09. The first-order valence-corrected chi connectivity index (χ1v) is 13.7. The van der Waals surface area contributed by atoms with Crippen LogP contribution in [0, 0.1) is 0 Å². The van der Waals surface area contributed by atoms with E-state index in [-0.39, 0.29) is 6.54 Å². The van der Waals surface area contributed by atoms with Crippen LogP contribution in [0.3, 0.4) is 0 Å². The van der Waals surface area contributed by atoms with Crippen LogP contribution < -0.4 is 27.0 Å². The molecule has 14 heteroatoms. The van der Waals surface area contributed by atoms with Crippen molar-refractivity contribution in [3.05, 3.63) is 34.6 Å². The highest BCUT2D eigenvalue weighted by Gasteiger charge is 2.27. The van der Waals surface area contributed by atoms with Gasteiger partial charge in [0.15, 0.2) is 11.5 Å². The quantitative estimate of drug-likeness (QED) is 0.338. The van der Waals surface area contributed by atoms with E-state index in [0.717, 1.165) is 29.8 Å². The molecule has 3 aromatic rings. The largest absolute Gasteiger partial charge is 0.368 e. The van der Waals surface area contributed by atoms with Gasteiger partial charge in [-0.05, 0) is 30.5 Å². The number of hydrogen-bond donors (Lipinski definition) is 4. The van der Waals surface area contributed by atoms with Gasteiger partial charge in [-0.15, -0.1) is 5.10 Å².